The van der Waals surface area contributed by atoms with E-state index in [0.29, 0.717) is 64.5 Å². The molecule has 13 heteroatoms. The molecule has 0 unspecified atom stereocenters. The molecule has 0 bridgehead atoms. The highest BCUT2D eigenvalue weighted by molar-refractivity contribution is 6.34. The molecule has 1 atom stereocenters. The summed E-state index contributed by atoms with van der Waals surface area (Å²) in [5.41, 5.74) is 10.3. The Labute approximate surface area is 291 Å². The molecule has 254 valence electrons. The van der Waals surface area contributed by atoms with Gasteiger partial charge in [0.05, 0.1) is 41.1 Å². The number of primary amides is 1. The average molecular weight is 695 g/mol. The molecule has 48 heavy (non-hydrogen) atoms. The topological polar surface area (TPSA) is 135 Å². The molecule has 2 aromatic carbocycles. The van der Waals surface area contributed by atoms with Crippen molar-refractivity contribution in [2.24, 2.45) is 5.73 Å². The van der Waals surface area contributed by atoms with E-state index in [-0.39, 0.29) is 12.5 Å². The van der Waals surface area contributed by atoms with E-state index >= 15 is 0 Å². The van der Waals surface area contributed by atoms with Gasteiger partial charge in [0.2, 0.25) is 0 Å². The zero-order valence-electron chi connectivity index (χ0n) is 27.3. The van der Waals surface area contributed by atoms with Gasteiger partial charge in [0.25, 0.3) is 5.91 Å². The monoisotopic (exact) mass is 693 g/mol. The average Bonchev–Trinajstić information content (AvgIpc) is 3.45. The summed E-state index contributed by atoms with van der Waals surface area (Å²) >= 11 is 12.9. The maximum Gasteiger partial charge on any atom is 0.311 e. The van der Waals surface area contributed by atoms with Crippen molar-refractivity contribution in [2.75, 3.05) is 53.0 Å². The molecule has 0 radical (unpaired) electrons. The highest BCUT2D eigenvalue weighted by Crippen LogP contribution is 2.32. The van der Waals surface area contributed by atoms with Gasteiger partial charge < -0.3 is 26.0 Å². The third kappa shape index (κ3) is 8.56. The fourth-order valence-corrected chi connectivity index (χ4v) is 6.37. The first-order valence-electron chi connectivity index (χ1n) is 16.2. The van der Waals surface area contributed by atoms with Gasteiger partial charge >= 0.3 is 11.8 Å². The zero-order valence-corrected chi connectivity index (χ0v) is 28.8. The lowest BCUT2D eigenvalue weighted by Crippen LogP contribution is -2.44. The molecule has 3 aromatic rings. The first kappa shape index (κ1) is 35.4. The Morgan fingerprint density at radius 1 is 1.04 bits per heavy atom. The molecule has 4 N–H and O–H groups in total. The lowest BCUT2D eigenvalue weighted by atomic mass is 9.99. The number of benzene rings is 2. The number of carbonyl (C=O) groups is 3. The van der Waals surface area contributed by atoms with Crippen molar-refractivity contribution in [2.45, 2.75) is 45.3 Å². The number of nitrogens with one attached hydrogen (secondary N) is 2. The van der Waals surface area contributed by atoms with Crippen LogP contribution in [0.4, 0.5) is 0 Å². The standard InChI is InChI=1S/C35H41Cl2N7O4/c1-23-22-48-18-17-42(23)14-4-15-44-31-11-16-43(35(47)33(38)45)21-28(31)32(41-44)26-8-10-29(36)25(20-26)7-5-24-6-9-30(37)27(19-24)34(46)40-13-3-12-39-2/h6,8-10,19-20,23,39H,3-4,11-18,21-22H2,1-2H3,(H2,38,45)(H,40,46)/t23-/m0/s1. The SMILES string of the molecule is CNCCCNC(=O)c1cc(C#Cc2cc(-c3nn(CCCN4CCOC[C@@H]4C)c4c3CN(C(=O)C(N)=O)CC4)ccc2Cl)ccc1Cl. The van der Waals surface area contributed by atoms with Crippen molar-refractivity contribution in [1.82, 2.24) is 30.2 Å². The highest BCUT2D eigenvalue weighted by atomic mass is 35.5. The number of aryl methyl sites for hydroxylation is 1. The molecule has 2 aliphatic heterocycles. The number of fused-ring (bicyclic) bond motifs is 1. The van der Waals surface area contributed by atoms with Crippen LogP contribution in [0.1, 0.15) is 52.5 Å². The molecule has 0 aliphatic carbocycles. The second kappa shape index (κ2) is 16.5. The minimum Gasteiger partial charge on any atom is -0.379 e. The van der Waals surface area contributed by atoms with Crippen LogP contribution in [0.3, 0.4) is 0 Å². The van der Waals surface area contributed by atoms with E-state index in [1.807, 2.05) is 23.9 Å². The Bertz CT molecular complexity index is 1730. The van der Waals surface area contributed by atoms with Crippen molar-refractivity contribution in [1.29, 1.82) is 0 Å². The number of nitrogens with zero attached hydrogens (tertiary/aromatic N) is 4. The minimum absolute atomic E-state index is 0.223. The summed E-state index contributed by atoms with van der Waals surface area (Å²) in [7, 11) is 1.86. The van der Waals surface area contributed by atoms with E-state index < -0.39 is 11.8 Å². The van der Waals surface area contributed by atoms with Gasteiger partial charge in [-0.25, -0.2) is 0 Å². The van der Waals surface area contributed by atoms with Gasteiger partial charge in [-0.05, 0) is 63.7 Å². The molecule has 1 saturated heterocycles. The number of morpholine rings is 1. The fraction of sp³-hybridized carbons (Fsp3) is 0.429. The van der Waals surface area contributed by atoms with Crippen LogP contribution in [0.5, 0.6) is 0 Å². The van der Waals surface area contributed by atoms with E-state index in [1.165, 1.54) is 4.90 Å². The Hall–Kier alpha value is -3.92. The van der Waals surface area contributed by atoms with Crippen LogP contribution in [-0.2, 0) is 33.8 Å². The second-order valence-corrected chi connectivity index (χ2v) is 12.8. The third-order valence-corrected chi connectivity index (χ3v) is 9.29. The Morgan fingerprint density at radius 3 is 2.62 bits per heavy atom. The predicted octanol–water partition coefficient (Wildman–Crippen LogP) is 3.08. The van der Waals surface area contributed by atoms with Gasteiger partial charge in [0.15, 0.2) is 0 Å². The number of hydrogen-bond donors (Lipinski definition) is 3. The van der Waals surface area contributed by atoms with E-state index in [2.05, 4.69) is 34.3 Å². The van der Waals surface area contributed by atoms with Crippen LogP contribution in [0, 0.1) is 11.8 Å². The molecule has 0 saturated carbocycles. The summed E-state index contributed by atoms with van der Waals surface area (Å²) in [6, 6.07) is 11.0. The molecule has 5 rings (SSSR count). The molecule has 2 aliphatic rings. The van der Waals surface area contributed by atoms with Gasteiger partial charge in [0, 0.05) is 73.1 Å². The van der Waals surface area contributed by atoms with Gasteiger partial charge in [-0.15, -0.1) is 0 Å². The van der Waals surface area contributed by atoms with E-state index in [0.717, 1.165) is 62.5 Å². The van der Waals surface area contributed by atoms with Crippen molar-refractivity contribution in [3.8, 4) is 23.1 Å². The van der Waals surface area contributed by atoms with Gasteiger partial charge in [0.1, 0.15) is 0 Å². The predicted molar refractivity (Wildman–Crippen MR) is 186 cm³/mol. The second-order valence-electron chi connectivity index (χ2n) is 12.0. The molecular formula is C35H41Cl2N7O4. The smallest absolute Gasteiger partial charge is 0.311 e. The highest BCUT2D eigenvalue weighted by Gasteiger charge is 2.30. The molecule has 11 nitrogen and oxygen atoms in total. The number of halogens is 2. The summed E-state index contributed by atoms with van der Waals surface area (Å²) in [4.78, 5) is 40.9. The van der Waals surface area contributed by atoms with Gasteiger partial charge in [-0.1, -0.05) is 41.1 Å². The largest absolute Gasteiger partial charge is 0.379 e. The quantitative estimate of drug-likeness (QED) is 0.169. The Morgan fingerprint density at radius 2 is 1.85 bits per heavy atom. The maximum atomic E-state index is 12.7. The number of carbonyl (C=O) groups excluding carboxylic acids is 3. The number of rotatable bonds is 10. The van der Waals surface area contributed by atoms with Gasteiger partial charge in [-0.3, -0.25) is 24.0 Å². The van der Waals surface area contributed by atoms with Crippen LogP contribution in [0.2, 0.25) is 10.0 Å². The van der Waals surface area contributed by atoms with Crippen LogP contribution >= 0.6 is 23.2 Å². The number of amides is 3. The van der Waals surface area contributed by atoms with Crippen LogP contribution in [0.25, 0.3) is 11.3 Å². The number of aromatic nitrogens is 2. The van der Waals surface area contributed by atoms with E-state index in [9.17, 15) is 14.4 Å². The third-order valence-electron chi connectivity index (χ3n) is 8.63. The molecule has 1 aromatic heterocycles. The molecular weight excluding hydrogens is 653 g/mol. The summed E-state index contributed by atoms with van der Waals surface area (Å²) in [5, 5.41) is 11.8. The van der Waals surface area contributed by atoms with Crippen molar-refractivity contribution in [3.05, 3.63) is 74.4 Å². The van der Waals surface area contributed by atoms with Crippen LogP contribution in [0.15, 0.2) is 36.4 Å². The molecule has 1 fully saturated rings. The Kier molecular flexibility index (Phi) is 12.1. The first-order valence-corrected chi connectivity index (χ1v) is 16.9. The van der Waals surface area contributed by atoms with Crippen LogP contribution < -0.4 is 16.4 Å². The van der Waals surface area contributed by atoms with Crippen molar-refractivity contribution in [3.63, 3.8) is 0 Å². The summed E-state index contributed by atoms with van der Waals surface area (Å²) in [6.07, 6.45) is 2.25. The lowest BCUT2D eigenvalue weighted by molar-refractivity contribution is -0.144. The minimum atomic E-state index is -0.979. The normalized spacial score (nSPS) is 16.2. The first-order chi connectivity index (χ1) is 23.2. The van der Waals surface area contributed by atoms with E-state index in [4.69, 9.17) is 38.8 Å². The lowest BCUT2D eigenvalue weighted by Gasteiger charge is -2.33. The van der Waals surface area contributed by atoms with Gasteiger partial charge in [-0.2, -0.15) is 5.10 Å². The fourth-order valence-electron chi connectivity index (χ4n) is 6.00. The molecule has 3 heterocycles. The molecule has 0 spiro atoms. The zero-order chi connectivity index (χ0) is 34.2. The molecule has 3 amide bonds. The van der Waals surface area contributed by atoms with Crippen LogP contribution in [-0.4, -0.2) is 96.3 Å². The Balaban J connectivity index is 1.41. The van der Waals surface area contributed by atoms with Crippen molar-refractivity contribution >= 4 is 40.9 Å². The summed E-state index contributed by atoms with van der Waals surface area (Å²) in [6.45, 7) is 8.11. The maximum absolute atomic E-state index is 12.7. The van der Waals surface area contributed by atoms with Crippen molar-refractivity contribution < 1.29 is 19.1 Å². The van der Waals surface area contributed by atoms with E-state index in [1.54, 1.807) is 24.3 Å². The number of hydrogen-bond acceptors (Lipinski definition) is 7. The summed E-state index contributed by atoms with van der Waals surface area (Å²) < 4.78 is 7.61. The summed E-state index contributed by atoms with van der Waals surface area (Å²) in [5.74, 6) is 4.31. The number of ether oxygens (including phenoxy) is 1. The number of nitrogens with two attached hydrogens (primary N) is 1.